The molecule has 8 nitrogen and oxygen atoms in total. The lowest BCUT2D eigenvalue weighted by molar-refractivity contribution is 0.115. The fraction of sp³-hybridized carbons (Fsp3) is 0.444. The zero-order valence-electron chi connectivity index (χ0n) is 15.1. The van der Waals surface area contributed by atoms with Gasteiger partial charge in [0, 0.05) is 62.6 Å². The van der Waals surface area contributed by atoms with E-state index in [9.17, 15) is 0 Å². The molecule has 3 aromatic rings. The number of aryl methyl sites for hydroxylation is 2. The molecule has 0 fully saturated rings. The Hall–Kier alpha value is -2.74. The van der Waals surface area contributed by atoms with Crippen LogP contribution in [0, 0.1) is 6.92 Å². The highest BCUT2D eigenvalue weighted by Crippen LogP contribution is 2.21. The molecule has 0 amide bonds. The summed E-state index contributed by atoms with van der Waals surface area (Å²) in [7, 11) is 1.98. The van der Waals surface area contributed by atoms with Gasteiger partial charge in [0.05, 0.1) is 18.1 Å². The van der Waals surface area contributed by atoms with Gasteiger partial charge in [-0.15, -0.1) is 0 Å². The summed E-state index contributed by atoms with van der Waals surface area (Å²) in [4.78, 5) is 10.7. The van der Waals surface area contributed by atoms with Crippen LogP contribution in [0.1, 0.15) is 23.4 Å². The topological polar surface area (TPSA) is 73.9 Å². The maximum absolute atomic E-state index is 5.91. The Bertz CT molecular complexity index is 858. The zero-order valence-corrected chi connectivity index (χ0v) is 15.1. The summed E-state index contributed by atoms with van der Waals surface area (Å²) in [5, 5.41) is 8.82. The third kappa shape index (κ3) is 3.45. The number of fused-ring (bicyclic) bond motifs is 1. The second-order valence-electron chi connectivity index (χ2n) is 6.63. The maximum atomic E-state index is 5.91. The fourth-order valence-electron chi connectivity index (χ4n) is 3.32. The molecule has 1 aliphatic heterocycles. The summed E-state index contributed by atoms with van der Waals surface area (Å²) in [6, 6.07) is 2.35. The molecule has 4 heterocycles. The van der Waals surface area contributed by atoms with Crippen molar-refractivity contribution in [1.82, 2.24) is 34.4 Å². The summed E-state index contributed by atoms with van der Waals surface area (Å²) in [6.07, 6.45) is 9.74. The van der Waals surface area contributed by atoms with Gasteiger partial charge in [0.25, 0.3) is 0 Å². The van der Waals surface area contributed by atoms with E-state index in [1.807, 2.05) is 24.1 Å². The molecule has 1 aliphatic rings. The van der Waals surface area contributed by atoms with Crippen LogP contribution in [0.2, 0.25) is 0 Å². The molecule has 0 aromatic carbocycles. The summed E-state index contributed by atoms with van der Waals surface area (Å²) in [5.74, 6) is 0.562. The monoisotopic (exact) mass is 353 g/mol. The van der Waals surface area contributed by atoms with Crippen molar-refractivity contribution in [3.8, 4) is 5.88 Å². The van der Waals surface area contributed by atoms with Crippen molar-refractivity contribution < 1.29 is 4.74 Å². The minimum Gasteiger partial charge on any atom is -0.475 e. The van der Waals surface area contributed by atoms with Crippen LogP contribution in [0.15, 0.2) is 37.1 Å². The first-order valence-corrected chi connectivity index (χ1v) is 8.82. The Balaban J connectivity index is 1.53. The number of hydrogen-bond donors (Lipinski definition) is 0. The van der Waals surface area contributed by atoms with Gasteiger partial charge in [-0.2, -0.15) is 10.2 Å². The van der Waals surface area contributed by atoms with Gasteiger partial charge >= 0.3 is 0 Å². The standard InChI is InChI=1S/C18H23N7O/c1-14-15(9-22-23(14)2)11-24-12-16-3-5-21-25(16)8-4-17(24)13-26-18-10-19-6-7-20-18/h3,5-7,9-10,17H,4,8,11-13H2,1-2H3. The van der Waals surface area contributed by atoms with Crippen LogP contribution in [-0.4, -0.2) is 47.1 Å². The minimum atomic E-state index is 0.262. The molecule has 4 rings (SSSR count). The largest absolute Gasteiger partial charge is 0.475 e. The Labute approximate surface area is 152 Å². The average Bonchev–Trinajstić information content (AvgIpc) is 3.19. The molecule has 26 heavy (non-hydrogen) atoms. The van der Waals surface area contributed by atoms with Gasteiger partial charge in [-0.05, 0) is 19.4 Å². The third-order valence-electron chi connectivity index (χ3n) is 5.03. The van der Waals surface area contributed by atoms with Crippen LogP contribution >= 0.6 is 0 Å². The highest BCUT2D eigenvalue weighted by molar-refractivity contribution is 5.16. The second kappa shape index (κ2) is 7.25. The van der Waals surface area contributed by atoms with Gasteiger partial charge in [-0.3, -0.25) is 19.2 Å². The van der Waals surface area contributed by atoms with E-state index >= 15 is 0 Å². The van der Waals surface area contributed by atoms with Crippen LogP contribution in [0.4, 0.5) is 0 Å². The highest BCUT2D eigenvalue weighted by Gasteiger charge is 2.26. The van der Waals surface area contributed by atoms with Gasteiger partial charge < -0.3 is 4.74 Å². The molecule has 8 heteroatoms. The number of nitrogens with zero attached hydrogens (tertiary/aromatic N) is 7. The third-order valence-corrected chi connectivity index (χ3v) is 5.03. The molecule has 0 spiro atoms. The fourth-order valence-corrected chi connectivity index (χ4v) is 3.32. The molecular weight excluding hydrogens is 330 g/mol. The van der Waals surface area contributed by atoms with E-state index in [-0.39, 0.29) is 6.04 Å². The van der Waals surface area contributed by atoms with Gasteiger partial charge in [0.1, 0.15) is 6.61 Å². The molecule has 0 N–H and O–H groups in total. The SMILES string of the molecule is Cc1c(CN2Cc3ccnn3CCC2COc2cnccn2)cnn1C. The predicted molar refractivity (Wildman–Crippen MR) is 95.4 cm³/mol. The van der Waals surface area contributed by atoms with Crippen LogP contribution < -0.4 is 4.74 Å². The number of rotatable bonds is 5. The first-order valence-electron chi connectivity index (χ1n) is 8.82. The van der Waals surface area contributed by atoms with Crippen molar-refractivity contribution >= 4 is 0 Å². The Morgan fingerprint density at radius 2 is 2.12 bits per heavy atom. The van der Waals surface area contributed by atoms with Crippen LogP contribution in [0.3, 0.4) is 0 Å². The number of aromatic nitrogens is 6. The summed E-state index contributed by atoms with van der Waals surface area (Å²) in [5.41, 5.74) is 3.66. The lowest BCUT2D eigenvalue weighted by atomic mass is 10.1. The molecule has 136 valence electrons. The smallest absolute Gasteiger partial charge is 0.232 e. The molecular formula is C18H23N7O. The van der Waals surface area contributed by atoms with E-state index in [1.54, 1.807) is 18.6 Å². The van der Waals surface area contributed by atoms with E-state index in [0.717, 1.165) is 26.1 Å². The van der Waals surface area contributed by atoms with Crippen molar-refractivity contribution in [2.45, 2.75) is 39.0 Å². The van der Waals surface area contributed by atoms with Gasteiger partial charge in [0.2, 0.25) is 5.88 Å². The Morgan fingerprint density at radius 3 is 2.88 bits per heavy atom. The molecule has 1 unspecified atom stereocenters. The second-order valence-corrected chi connectivity index (χ2v) is 6.63. The minimum absolute atomic E-state index is 0.262. The molecule has 0 radical (unpaired) electrons. The van der Waals surface area contributed by atoms with Crippen molar-refractivity contribution in [2.24, 2.45) is 7.05 Å². The van der Waals surface area contributed by atoms with Gasteiger partial charge in [-0.1, -0.05) is 0 Å². The summed E-state index contributed by atoms with van der Waals surface area (Å²) in [6.45, 7) is 5.24. The number of hydrogen-bond acceptors (Lipinski definition) is 6. The Kier molecular flexibility index (Phi) is 4.66. The molecule has 0 bridgehead atoms. The van der Waals surface area contributed by atoms with Gasteiger partial charge in [-0.25, -0.2) is 4.98 Å². The van der Waals surface area contributed by atoms with Crippen molar-refractivity contribution in [2.75, 3.05) is 6.61 Å². The molecule has 1 atom stereocenters. The first-order chi connectivity index (χ1) is 12.7. The maximum Gasteiger partial charge on any atom is 0.232 e. The zero-order chi connectivity index (χ0) is 17.9. The average molecular weight is 353 g/mol. The quantitative estimate of drug-likeness (QED) is 0.693. The van der Waals surface area contributed by atoms with Gasteiger partial charge in [0.15, 0.2) is 0 Å². The normalized spacial score (nSPS) is 17.7. The van der Waals surface area contributed by atoms with Crippen LogP contribution in [-0.2, 0) is 26.7 Å². The first kappa shape index (κ1) is 16.7. The van der Waals surface area contributed by atoms with E-state index in [0.29, 0.717) is 12.5 Å². The lowest BCUT2D eigenvalue weighted by Crippen LogP contribution is -2.38. The summed E-state index contributed by atoms with van der Waals surface area (Å²) >= 11 is 0. The van der Waals surface area contributed by atoms with Crippen molar-refractivity contribution in [3.63, 3.8) is 0 Å². The van der Waals surface area contributed by atoms with Crippen LogP contribution in [0.5, 0.6) is 5.88 Å². The summed E-state index contributed by atoms with van der Waals surface area (Å²) < 4.78 is 9.92. The van der Waals surface area contributed by atoms with E-state index in [2.05, 4.69) is 42.7 Å². The predicted octanol–water partition coefficient (Wildman–Crippen LogP) is 1.57. The highest BCUT2D eigenvalue weighted by atomic mass is 16.5. The van der Waals surface area contributed by atoms with E-state index in [4.69, 9.17) is 4.74 Å². The van der Waals surface area contributed by atoms with Crippen LogP contribution in [0.25, 0.3) is 0 Å². The molecule has 0 saturated carbocycles. The van der Waals surface area contributed by atoms with Crippen molar-refractivity contribution in [3.05, 3.63) is 54.0 Å². The molecule has 0 saturated heterocycles. The number of ether oxygens (including phenoxy) is 1. The van der Waals surface area contributed by atoms with Crippen molar-refractivity contribution in [1.29, 1.82) is 0 Å². The lowest BCUT2D eigenvalue weighted by Gasteiger charge is -2.29. The van der Waals surface area contributed by atoms with E-state index < -0.39 is 0 Å². The molecule has 3 aromatic heterocycles. The van der Waals surface area contributed by atoms with E-state index in [1.165, 1.54) is 17.0 Å². The Morgan fingerprint density at radius 1 is 1.19 bits per heavy atom. The molecule has 0 aliphatic carbocycles.